The number of hydrogen-bond donors (Lipinski definition) is 2. The molecule has 2 N–H and O–H groups in total. The standard InChI is InChI=1S/C13H16N2O2/c1-9-3-2-4-10-11(9)15-12(16)17-13(10)5-7-14-8-6-13/h2-4,14H,5-8H2,1H3,(H,15,16). The van der Waals surface area contributed by atoms with Crippen LogP contribution in [0.5, 0.6) is 0 Å². The van der Waals surface area contributed by atoms with Gasteiger partial charge in [0, 0.05) is 18.4 Å². The Kier molecular flexibility index (Phi) is 2.33. The van der Waals surface area contributed by atoms with E-state index in [1.54, 1.807) is 0 Å². The molecule has 4 nitrogen and oxygen atoms in total. The maximum Gasteiger partial charge on any atom is 0.412 e. The zero-order valence-electron chi connectivity index (χ0n) is 9.88. The van der Waals surface area contributed by atoms with Crippen molar-refractivity contribution in [3.8, 4) is 0 Å². The number of fused-ring (bicyclic) bond motifs is 2. The molecule has 1 aromatic rings. The molecule has 1 spiro atoms. The van der Waals surface area contributed by atoms with Crippen LogP contribution in [0.3, 0.4) is 0 Å². The maximum absolute atomic E-state index is 11.7. The highest BCUT2D eigenvalue weighted by Crippen LogP contribution is 2.43. The van der Waals surface area contributed by atoms with Crippen molar-refractivity contribution in [3.63, 3.8) is 0 Å². The van der Waals surface area contributed by atoms with Crippen molar-refractivity contribution in [3.05, 3.63) is 29.3 Å². The molecule has 0 aliphatic carbocycles. The van der Waals surface area contributed by atoms with Gasteiger partial charge >= 0.3 is 6.09 Å². The summed E-state index contributed by atoms with van der Waals surface area (Å²) < 4.78 is 5.61. The predicted molar refractivity (Wildman–Crippen MR) is 65.1 cm³/mol. The summed E-state index contributed by atoms with van der Waals surface area (Å²) >= 11 is 0. The Morgan fingerprint density at radius 1 is 1.29 bits per heavy atom. The summed E-state index contributed by atoms with van der Waals surface area (Å²) in [6, 6.07) is 6.10. The number of ether oxygens (including phenoxy) is 1. The van der Waals surface area contributed by atoms with Crippen LogP contribution in [-0.4, -0.2) is 19.2 Å². The first-order chi connectivity index (χ1) is 8.21. The second kappa shape index (κ2) is 3.74. The minimum Gasteiger partial charge on any atom is -0.438 e. The van der Waals surface area contributed by atoms with Crippen LogP contribution in [-0.2, 0) is 10.3 Å². The van der Waals surface area contributed by atoms with E-state index in [4.69, 9.17) is 4.74 Å². The molecule has 90 valence electrons. The van der Waals surface area contributed by atoms with E-state index in [-0.39, 0.29) is 6.09 Å². The third-order valence-corrected chi connectivity index (χ3v) is 3.69. The summed E-state index contributed by atoms with van der Waals surface area (Å²) in [7, 11) is 0. The van der Waals surface area contributed by atoms with Crippen LogP contribution in [0.1, 0.15) is 24.0 Å². The third-order valence-electron chi connectivity index (χ3n) is 3.69. The number of para-hydroxylation sites is 1. The van der Waals surface area contributed by atoms with Crippen molar-refractivity contribution in [2.45, 2.75) is 25.4 Å². The molecule has 1 amide bonds. The monoisotopic (exact) mass is 232 g/mol. The molecule has 2 aliphatic heterocycles. The molecule has 0 atom stereocenters. The van der Waals surface area contributed by atoms with E-state index in [9.17, 15) is 4.79 Å². The third kappa shape index (κ3) is 1.60. The summed E-state index contributed by atoms with van der Waals surface area (Å²) in [5.41, 5.74) is 2.73. The first kappa shape index (κ1) is 10.6. The van der Waals surface area contributed by atoms with Crippen molar-refractivity contribution >= 4 is 11.8 Å². The van der Waals surface area contributed by atoms with Gasteiger partial charge in [-0.15, -0.1) is 0 Å². The number of amides is 1. The van der Waals surface area contributed by atoms with Gasteiger partial charge in [-0.1, -0.05) is 18.2 Å². The normalized spacial score (nSPS) is 21.6. The number of piperidine rings is 1. The smallest absolute Gasteiger partial charge is 0.412 e. The molecule has 4 heteroatoms. The van der Waals surface area contributed by atoms with E-state index in [1.807, 2.05) is 19.1 Å². The van der Waals surface area contributed by atoms with E-state index in [0.29, 0.717) is 0 Å². The second-order valence-corrected chi connectivity index (χ2v) is 4.76. The molecule has 0 saturated carbocycles. The van der Waals surface area contributed by atoms with Crippen LogP contribution >= 0.6 is 0 Å². The van der Waals surface area contributed by atoms with Crippen molar-refractivity contribution in [2.24, 2.45) is 0 Å². The molecule has 0 bridgehead atoms. The van der Waals surface area contributed by atoms with Crippen LogP contribution in [0.4, 0.5) is 10.5 Å². The molecule has 2 aliphatic rings. The van der Waals surface area contributed by atoms with Gasteiger partial charge < -0.3 is 10.1 Å². The number of anilines is 1. The Hall–Kier alpha value is -1.55. The van der Waals surface area contributed by atoms with Crippen LogP contribution in [0.15, 0.2) is 18.2 Å². The summed E-state index contributed by atoms with van der Waals surface area (Å²) in [6.07, 6.45) is 1.36. The summed E-state index contributed by atoms with van der Waals surface area (Å²) in [6.45, 7) is 3.79. The number of benzene rings is 1. The lowest BCUT2D eigenvalue weighted by Gasteiger charge is -2.41. The maximum atomic E-state index is 11.7. The Morgan fingerprint density at radius 3 is 2.82 bits per heavy atom. The van der Waals surface area contributed by atoms with E-state index in [0.717, 1.165) is 42.7 Å². The van der Waals surface area contributed by atoms with Crippen molar-refractivity contribution in [2.75, 3.05) is 18.4 Å². The Labute approximate surface area is 100 Å². The average molecular weight is 232 g/mol. The summed E-state index contributed by atoms with van der Waals surface area (Å²) in [4.78, 5) is 11.7. The molecule has 0 unspecified atom stereocenters. The lowest BCUT2D eigenvalue weighted by molar-refractivity contribution is -0.0126. The number of carbonyl (C=O) groups is 1. The Bertz CT molecular complexity index is 464. The first-order valence-corrected chi connectivity index (χ1v) is 6.02. The number of aryl methyl sites for hydroxylation is 1. The van der Waals surface area contributed by atoms with Crippen LogP contribution in [0, 0.1) is 6.92 Å². The van der Waals surface area contributed by atoms with Gasteiger partial charge in [-0.2, -0.15) is 0 Å². The molecule has 0 aromatic heterocycles. The van der Waals surface area contributed by atoms with Gasteiger partial charge in [-0.3, -0.25) is 5.32 Å². The largest absolute Gasteiger partial charge is 0.438 e. The zero-order valence-corrected chi connectivity index (χ0v) is 9.88. The SMILES string of the molecule is Cc1cccc2c1NC(=O)OC21CCNCC1. The van der Waals surface area contributed by atoms with Crippen molar-refractivity contribution in [1.29, 1.82) is 0 Å². The lowest BCUT2D eigenvalue weighted by Crippen LogP contribution is -2.47. The van der Waals surface area contributed by atoms with E-state index in [2.05, 4.69) is 16.7 Å². The minimum absolute atomic E-state index is 0.325. The minimum atomic E-state index is -0.422. The van der Waals surface area contributed by atoms with E-state index in [1.165, 1.54) is 0 Å². The van der Waals surface area contributed by atoms with Gasteiger partial charge in [0.25, 0.3) is 0 Å². The summed E-state index contributed by atoms with van der Waals surface area (Å²) in [5, 5.41) is 6.12. The highest BCUT2D eigenvalue weighted by Gasteiger charge is 2.43. The number of hydrogen-bond acceptors (Lipinski definition) is 3. The Morgan fingerprint density at radius 2 is 2.06 bits per heavy atom. The number of nitrogens with one attached hydrogen (secondary N) is 2. The van der Waals surface area contributed by atoms with Gasteiger partial charge in [0.2, 0.25) is 0 Å². The molecular weight excluding hydrogens is 216 g/mol. The predicted octanol–water partition coefficient (Wildman–Crippen LogP) is 2.14. The molecule has 1 fully saturated rings. The molecule has 2 heterocycles. The van der Waals surface area contributed by atoms with Gasteiger partial charge in [-0.05, 0) is 25.6 Å². The van der Waals surface area contributed by atoms with Gasteiger partial charge in [0.15, 0.2) is 0 Å². The molecular formula is C13H16N2O2. The van der Waals surface area contributed by atoms with Gasteiger partial charge in [-0.25, -0.2) is 4.79 Å². The summed E-state index contributed by atoms with van der Waals surface area (Å²) in [5.74, 6) is 0. The fourth-order valence-electron chi connectivity index (χ4n) is 2.78. The molecule has 0 radical (unpaired) electrons. The van der Waals surface area contributed by atoms with E-state index >= 15 is 0 Å². The van der Waals surface area contributed by atoms with Gasteiger partial charge in [0.1, 0.15) is 5.60 Å². The number of carbonyl (C=O) groups excluding carboxylic acids is 1. The topological polar surface area (TPSA) is 50.4 Å². The first-order valence-electron chi connectivity index (χ1n) is 6.02. The average Bonchev–Trinajstić information content (AvgIpc) is 2.32. The molecule has 1 aromatic carbocycles. The van der Waals surface area contributed by atoms with Crippen LogP contribution in [0.2, 0.25) is 0 Å². The van der Waals surface area contributed by atoms with Gasteiger partial charge in [0.05, 0.1) is 5.69 Å². The fourth-order valence-corrected chi connectivity index (χ4v) is 2.78. The van der Waals surface area contributed by atoms with Crippen molar-refractivity contribution < 1.29 is 9.53 Å². The second-order valence-electron chi connectivity index (χ2n) is 4.76. The fraction of sp³-hybridized carbons (Fsp3) is 0.462. The lowest BCUT2D eigenvalue weighted by atomic mass is 9.82. The quantitative estimate of drug-likeness (QED) is 0.720. The Balaban J connectivity index is 2.13. The van der Waals surface area contributed by atoms with Crippen LogP contribution < -0.4 is 10.6 Å². The van der Waals surface area contributed by atoms with E-state index < -0.39 is 5.60 Å². The molecule has 17 heavy (non-hydrogen) atoms. The number of rotatable bonds is 0. The van der Waals surface area contributed by atoms with Crippen LogP contribution in [0.25, 0.3) is 0 Å². The molecule has 1 saturated heterocycles. The highest BCUT2D eigenvalue weighted by atomic mass is 16.6. The molecule has 3 rings (SSSR count). The van der Waals surface area contributed by atoms with Crippen molar-refractivity contribution in [1.82, 2.24) is 5.32 Å². The highest BCUT2D eigenvalue weighted by molar-refractivity contribution is 5.90. The zero-order chi connectivity index (χ0) is 11.9.